The van der Waals surface area contributed by atoms with Gasteiger partial charge in [0, 0.05) is 6.54 Å². The summed E-state index contributed by atoms with van der Waals surface area (Å²) in [5.41, 5.74) is 1.23. The number of benzene rings is 1. The zero-order valence-electron chi connectivity index (χ0n) is 12.3. The molecular formula is C15H22N2O2S. The van der Waals surface area contributed by atoms with Gasteiger partial charge in [0.05, 0.1) is 18.3 Å². The molecule has 1 N–H and O–H groups in total. The first-order valence-corrected chi connectivity index (χ1v) is 8.13. The smallest absolute Gasteiger partial charge is 0.214 e. The summed E-state index contributed by atoms with van der Waals surface area (Å²) >= 11 is 0. The summed E-state index contributed by atoms with van der Waals surface area (Å²) in [4.78, 5) is 2.08. The quantitative estimate of drug-likeness (QED) is 0.808. The first-order chi connectivity index (χ1) is 9.42. The van der Waals surface area contributed by atoms with Gasteiger partial charge < -0.3 is 0 Å². The molecule has 0 aromatic heterocycles. The van der Waals surface area contributed by atoms with Crippen molar-refractivity contribution >= 4 is 10.0 Å². The van der Waals surface area contributed by atoms with Gasteiger partial charge in [0.2, 0.25) is 10.0 Å². The molecule has 1 aromatic carbocycles. The second kappa shape index (κ2) is 8.05. The van der Waals surface area contributed by atoms with Crippen molar-refractivity contribution in [3.63, 3.8) is 0 Å². The zero-order chi connectivity index (χ0) is 15.0. The van der Waals surface area contributed by atoms with Crippen molar-refractivity contribution in [2.75, 3.05) is 20.1 Å². The molecule has 0 atom stereocenters. The number of nitrogens with one attached hydrogen (secondary N) is 1. The van der Waals surface area contributed by atoms with Crippen molar-refractivity contribution in [3.05, 3.63) is 35.9 Å². The van der Waals surface area contributed by atoms with Gasteiger partial charge in [-0.3, -0.25) is 4.90 Å². The third kappa shape index (κ3) is 6.20. The molecule has 0 spiro atoms. The van der Waals surface area contributed by atoms with Gasteiger partial charge in [-0.1, -0.05) is 42.2 Å². The Morgan fingerprint density at radius 1 is 1.20 bits per heavy atom. The lowest BCUT2D eigenvalue weighted by Gasteiger charge is -2.12. The first kappa shape index (κ1) is 16.7. The van der Waals surface area contributed by atoms with Gasteiger partial charge in [-0.2, -0.15) is 0 Å². The molecule has 1 aromatic rings. The van der Waals surface area contributed by atoms with Gasteiger partial charge >= 0.3 is 0 Å². The fourth-order valence-electron chi connectivity index (χ4n) is 1.51. The minimum absolute atomic E-state index is 0.166. The van der Waals surface area contributed by atoms with E-state index in [4.69, 9.17) is 0 Å². The van der Waals surface area contributed by atoms with E-state index in [-0.39, 0.29) is 6.54 Å². The Hall–Kier alpha value is -1.35. The van der Waals surface area contributed by atoms with Crippen molar-refractivity contribution in [2.45, 2.75) is 25.6 Å². The molecule has 4 nitrogen and oxygen atoms in total. The van der Waals surface area contributed by atoms with Crippen molar-refractivity contribution in [2.24, 2.45) is 0 Å². The minimum Gasteiger partial charge on any atom is -0.291 e. The average molecular weight is 294 g/mol. The Balaban J connectivity index is 2.32. The lowest BCUT2D eigenvalue weighted by Crippen LogP contribution is -2.31. The highest BCUT2D eigenvalue weighted by molar-refractivity contribution is 7.90. The van der Waals surface area contributed by atoms with Crippen LogP contribution in [0.25, 0.3) is 0 Å². The maximum Gasteiger partial charge on any atom is 0.214 e. The van der Waals surface area contributed by atoms with Gasteiger partial charge in [-0.05, 0) is 26.5 Å². The fourth-order valence-corrected chi connectivity index (χ4v) is 2.11. The normalized spacial score (nSPS) is 11.4. The van der Waals surface area contributed by atoms with Crippen LogP contribution in [0.5, 0.6) is 0 Å². The number of sulfonamides is 1. The Kier molecular flexibility index (Phi) is 6.73. The topological polar surface area (TPSA) is 49.4 Å². The van der Waals surface area contributed by atoms with Gasteiger partial charge in [-0.25, -0.2) is 13.1 Å². The fraction of sp³-hybridized carbons (Fsp3) is 0.467. The molecule has 0 aliphatic carbocycles. The minimum atomic E-state index is -3.21. The molecule has 0 fully saturated rings. The zero-order valence-corrected chi connectivity index (χ0v) is 13.1. The molecule has 1 rings (SSSR count). The standard InChI is InChI=1S/C15H22N2O2S/c1-14(2)20(18,19)16-11-7-8-12-17(3)13-15-9-5-4-6-10-15/h4-6,9-10,14,16H,11-13H2,1-3H3. The van der Waals surface area contributed by atoms with Gasteiger partial charge in [0.15, 0.2) is 0 Å². The second-order valence-corrected chi connectivity index (χ2v) is 7.25. The number of hydrogen-bond acceptors (Lipinski definition) is 3. The lowest BCUT2D eigenvalue weighted by atomic mass is 10.2. The van der Waals surface area contributed by atoms with Crippen LogP contribution in [0.3, 0.4) is 0 Å². The summed E-state index contributed by atoms with van der Waals surface area (Å²) in [6, 6.07) is 10.1. The molecule has 20 heavy (non-hydrogen) atoms. The van der Waals surface area contributed by atoms with E-state index in [1.807, 2.05) is 25.2 Å². The summed E-state index contributed by atoms with van der Waals surface area (Å²) in [6.45, 7) is 4.89. The van der Waals surface area contributed by atoms with E-state index in [0.29, 0.717) is 6.54 Å². The first-order valence-electron chi connectivity index (χ1n) is 6.58. The molecule has 0 aliphatic rings. The summed E-state index contributed by atoms with van der Waals surface area (Å²) in [6.07, 6.45) is 0. The van der Waals surface area contributed by atoms with E-state index in [1.165, 1.54) is 5.56 Å². The number of nitrogens with zero attached hydrogens (tertiary/aromatic N) is 1. The Labute approximate surface area is 122 Å². The predicted molar refractivity (Wildman–Crippen MR) is 82.6 cm³/mol. The van der Waals surface area contributed by atoms with E-state index in [0.717, 1.165) is 6.54 Å². The van der Waals surface area contributed by atoms with E-state index in [1.54, 1.807) is 13.8 Å². The molecular weight excluding hydrogens is 272 g/mol. The van der Waals surface area contributed by atoms with Crippen LogP contribution < -0.4 is 4.72 Å². The second-order valence-electron chi connectivity index (χ2n) is 4.93. The van der Waals surface area contributed by atoms with Crippen LogP contribution in [0.1, 0.15) is 19.4 Å². The SMILES string of the molecule is CC(C)S(=O)(=O)NCC#CCN(C)Cc1ccccc1. The summed E-state index contributed by atoms with van der Waals surface area (Å²) in [5.74, 6) is 5.80. The number of rotatable bonds is 6. The molecule has 0 saturated carbocycles. The van der Waals surface area contributed by atoms with Gasteiger partial charge in [-0.15, -0.1) is 0 Å². The molecule has 0 bridgehead atoms. The predicted octanol–water partition coefficient (Wildman–Crippen LogP) is 1.45. The van der Waals surface area contributed by atoms with Crippen molar-refractivity contribution in [1.29, 1.82) is 0 Å². The third-order valence-electron chi connectivity index (χ3n) is 2.75. The Morgan fingerprint density at radius 3 is 2.45 bits per heavy atom. The third-order valence-corrected chi connectivity index (χ3v) is 4.54. The summed E-state index contributed by atoms with van der Waals surface area (Å²) in [5, 5.41) is -0.426. The summed E-state index contributed by atoms with van der Waals surface area (Å²) in [7, 11) is -1.23. The molecule has 0 amide bonds. The lowest BCUT2D eigenvalue weighted by molar-refractivity contribution is 0.369. The van der Waals surface area contributed by atoms with E-state index >= 15 is 0 Å². The number of hydrogen-bond donors (Lipinski definition) is 1. The highest BCUT2D eigenvalue weighted by atomic mass is 32.2. The molecule has 110 valence electrons. The molecule has 5 heteroatoms. The van der Waals surface area contributed by atoms with Crippen LogP contribution in [0.15, 0.2) is 30.3 Å². The van der Waals surface area contributed by atoms with Crippen LogP contribution in [0, 0.1) is 11.8 Å². The monoisotopic (exact) mass is 294 g/mol. The molecule has 0 saturated heterocycles. The largest absolute Gasteiger partial charge is 0.291 e. The van der Waals surface area contributed by atoms with E-state index in [9.17, 15) is 8.42 Å². The summed E-state index contributed by atoms with van der Waals surface area (Å²) < 4.78 is 25.4. The van der Waals surface area contributed by atoms with Crippen LogP contribution in [0.4, 0.5) is 0 Å². The van der Waals surface area contributed by atoms with Crippen LogP contribution in [0.2, 0.25) is 0 Å². The van der Waals surface area contributed by atoms with E-state index < -0.39 is 15.3 Å². The van der Waals surface area contributed by atoms with Crippen molar-refractivity contribution in [3.8, 4) is 11.8 Å². The molecule has 0 radical (unpaired) electrons. The average Bonchev–Trinajstić information content (AvgIpc) is 2.39. The maximum atomic E-state index is 11.5. The van der Waals surface area contributed by atoms with Crippen LogP contribution >= 0.6 is 0 Å². The molecule has 0 aliphatic heterocycles. The Bertz CT molecular complexity index is 557. The van der Waals surface area contributed by atoms with Crippen LogP contribution in [-0.2, 0) is 16.6 Å². The molecule has 0 heterocycles. The Morgan fingerprint density at radius 2 is 1.85 bits per heavy atom. The highest BCUT2D eigenvalue weighted by Crippen LogP contribution is 2.01. The van der Waals surface area contributed by atoms with Gasteiger partial charge in [0.25, 0.3) is 0 Å². The highest BCUT2D eigenvalue weighted by Gasteiger charge is 2.13. The van der Waals surface area contributed by atoms with E-state index in [2.05, 4.69) is 33.6 Å². The van der Waals surface area contributed by atoms with Crippen molar-refractivity contribution < 1.29 is 8.42 Å². The molecule has 0 unspecified atom stereocenters. The van der Waals surface area contributed by atoms with Gasteiger partial charge in [0.1, 0.15) is 0 Å². The van der Waals surface area contributed by atoms with Crippen molar-refractivity contribution in [1.82, 2.24) is 9.62 Å². The maximum absolute atomic E-state index is 11.5. The van der Waals surface area contributed by atoms with Crippen LogP contribution in [-0.4, -0.2) is 38.7 Å².